The fraction of sp³-hybridized carbons (Fsp3) is 0.917. The molecule has 0 heterocycles. The van der Waals surface area contributed by atoms with Gasteiger partial charge in [0.2, 0.25) is 0 Å². The summed E-state index contributed by atoms with van der Waals surface area (Å²) in [5.41, 5.74) is 0. The number of hydrogen-bond acceptors (Lipinski definition) is 3. The van der Waals surface area contributed by atoms with Gasteiger partial charge in [0.25, 0.3) is 0 Å². The summed E-state index contributed by atoms with van der Waals surface area (Å²) in [5, 5.41) is 11.9. The lowest BCUT2D eigenvalue weighted by Gasteiger charge is -2.24. The fourth-order valence-corrected chi connectivity index (χ4v) is 1.74. The summed E-state index contributed by atoms with van der Waals surface area (Å²) in [6.45, 7) is 5.44. The van der Waals surface area contributed by atoms with Crippen LogP contribution in [-0.4, -0.2) is 42.8 Å². The maximum atomic E-state index is 12.3. The van der Waals surface area contributed by atoms with Gasteiger partial charge >= 0.3 is 6.18 Å². The van der Waals surface area contributed by atoms with Gasteiger partial charge < -0.3 is 0 Å². The van der Waals surface area contributed by atoms with Crippen LogP contribution in [0.4, 0.5) is 13.2 Å². The Hall–Kier alpha value is -0.800. The summed E-state index contributed by atoms with van der Waals surface area (Å²) < 4.78 is 37.0. The van der Waals surface area contributed by atoms with Crippen molar-refractivity contribution in [2.75, 3.05) is 19.6 Å². The minimum atomic E-state index is -4.18. The van der Waals surface area contributed by atoms with Gasteiger partial charge in [0, 0.05) is 12.6 Å². The lowest BCUT2D eigenvalue weighted by Crippen LogP contribution is -2.40. The predicted octanol–water partition coefficient (Wildman–Crippen LogP) is 2.54. The Morgan fingerprint density at radius 2 is 1.89 bits per heavy atom. The van der Waals surface area contributed by atoms with Gasteiger partial charge in [0.15, 0.2) is 0 Å². The average Bonchev–Trinajstić information content (AvgIpc) is 2.21. The van der Waals surface area contributed by atoms with Crippen LogP contribution in [0.3, 0.4) is 0 Å². The first kappa shape index (κ1) is 17.2. The van der Waals surface area contributed by atoms with E-state index in [2.05, 4.69) is 11.4 Å². The molecule has 0 amide bonds. The Balaban J connectivity index is 4.20. The second-order valence-electron chi connectivity index (χ2n) is 4.68. The highest BCUT2D eigenvalue weighted by Crippen LogP contribution is 2.17. The van der Waals surface area contributed by atoms with Gasteiger partial charge in [0.1, 0.15) is 0 Å². The third-order valence-electron chi connectivity index (χ3n) is 2.37. The fourth-order valence-electron chi connectivity index (χ4n) is 1.74. The summed E-state index contributed by atoms with van der Waals surface area (Å²) >= 11 is 0. The molecule has 1 N–H and O–H groups in total. The highest BCUT2D eigenvalue weighted by molar-refractivity contribution is 4.91. The topological polar surface area (TPSA) is 39.1 Å². The van der Waals surface area contributed by atoms with E-state index < -0.39 is 18.8 Å². The van der Waals surface area contributed by atoms with Crippen molar-refractivity contribution in [3.8, 4) is 6.07 Å². The zero-order chi connectivity index (χ0) is 14.2. The maximum absolute atomic E-state index is 12.3. The van der Waals surface area contributed by atoms with E-state index in [0.717, 1.165) is 0 Å². The van der Waals surface area contributed by atoms with Gasteiger partial charge in [0.05, 0.1) is 18.7 Å². The molecule has 1 atom stereocenters. The van der Waals surface area contributed by atoms with Crippen molar-refractivity contribution in [3.63, 3.8) is 0 Å². The maximum Gasteiger partial charge on any atom is 0.401 e. The number of halogens is 3. The molecule has 18 heavy (non-hydrogen) atoms. The SMILES string of the molecule is CCCN(CCC(C#N)NC(C)C)CC(F)(F)F. The van der Waals surface area contributed by atoms with Crippen molar-refractivity contribution in [3.05, 3.63) is 0 Å². The molecule has 0 aromatic heterocycles. The molecule has 0 aliphatic rings. The molecule has 0 spiro atoms. The van der Waals surface area contributed by atoms with E-state index in [1.165, 1.54) is 4.90 Å². The Bertz CT molecular complexity index is 258. The molecule has 0 saturated heterocycles. The molecule has 0 aromatic carbocycles. The molecular formula is C12H22F3N3. The number of rotatable bonds is 8. The average molecular weight is 265 g/mol. The normalized spacial score (nSPS) is 13.9. The molecule has 0 bridgehead atoms. The van der Waals surface area contributed by atoms with Crippen molar-refractivity contribution < 1.29 is 13.2 Å². The van der Waals surface area contributed by atoms with E-state index in [9.17, 15) is 13.2 Å². The molecule has 6 heteroatoms. The van der Waals surface area contributed by atoms with Gasteiger partial charge in [-0.05, 0) is 33.2 Å². The molecule has 0 aromatic rings. The van der Waals surface area contributed by atoms with Crippen LogP contribution < -0.4 is 5.32 Å². The van der Waals surface area contributed by atoms with E-state index >= 15 is 0 Å². The first-order chi connectivity index (χ1) is 8.28. The Morgan fingerprint density at radius 3 is 2.28 bits per heavy atom. The quantitative estimate of drug-likeness (QED) is 0.733. The molecule has 0 aliphatic carbocycles. The molecule has 0 saturated carbocycles. The van der Waals surface area contributed by atoms with Crippen LogP contribution in [0, 0.1) is 11.3 Å². The number of nitrogens with one attached hydrogen (secondary N) is 1. The number of alkyl halides is 3. The second-order valence-corrected chi connectivity index (χ2v) is 4.68. The van der Waals surface area contributed by atoms with Crippen molar-refractivity contribution in [1.29, 1.82) is 5.26 Å². The van der Waals surface area contributed by atoms with Crippen molar-refractivity contribution in [2.24, 2.45) is 0 Å². The van der Waals surface area contributed by atoms with Crippen LogP contribution in [-0.2, 0) is 0 Å². The molecule has 106 valence electrons. The van der Waals surface area contributed by atoms with Crippen LogP contribution in [0.5, 0.6) is 0 Å². The Kier molecular flexibility index (Phi) is 7.96. The first-order valence-electron chi connectivity index (χ1n) is 6.23. The lowest BCUT2D eigenvalue weighted by molar-refractivity contribution is -0.146. The highest BCUT2D eigenvalue weighted by Gasteiger charge is 2.30. The Labute approximate surface area is 107 Å². The van der Waals surface area contributed by atoms with E-state index in [-0.39, 0.29) is 12.6 Å². The molecule has 0 aliphatic heterocycles. The van der Waals surface area contributed by atoms with Gasteiger partial charge in [-0.3, -0.25) is 10.2 Å². The zero-order valence-corrected chi connectivity index (χ0v) is 11.2. The molecule has 0 rings (SSSR count). The van der Waals surface area contributed by atoms with E-state index in [1.807, 2.05) is 20.8 Å². The summed E-state index contributed by atoms with van der Waals surface area (Å²) in [6, 6.07) is 1.83. The van der Waals surface area contributed by atoms with Crippen LogP contribution >= 0.6 is 0 Å². The third kappa shape index (κ3) is 9.25. The molecule has 3 nitrogen and oxygen atoms in total. The van der Waals surface area contributed by atoms with Gasteiger partial charge in [-0.2, -0.15) is 18.4 Å². The van der Waals surface area contributed by atoms with Gasteiger partial charge in [-0.1, -0.05) is 6.92 Å². The smallest absolute Gasteiger partial charge is 0.300 e. The van der Waals surface area contributed by atoms with Crippen LogP contribution in [0.25, 0.3) is 0 Å². The summed E-state index contributed by atoms with van der Waals surface area (Å²) in [7, 11) is 0. The van der Waals surface area contributed by atoms with Crippen molar-refractivity contribution >= 4 is 0 Å². The first-order valence-corrected chi connectivity index (χ1v) is 6.23. The van der Waals surface area contributed by atoms with Gasteiger partial charge in [-0.25, -0.2) is 0 Å². The number of nitriles is 1. The van der Waals surface area contributed by atoms with Crippen LogP contribution in [0.2, 0.25) is 0 Å². The summed E-state index contributed by atoms with van der Waals surface area (Å²) in [4.78, 5) is 1.35. The summed E-state index contributed by atoms with van der Waals surface area (Å²) in [5.74, 6) is 0. The van der Waals surface area contributed by atoms with E-state index in [0.29, 0.717) is 19.4 Å². The predicted molar refractivity (Wildman–Crippen MR) is 65.1 cm³/mol. The molecule has 1 unspecified atom stereocenters. The standard InChI is InChI=1S/C12H22F3N3/c1-4-6-18(9-12(13,14)15)7-5-11(8-16)17-10(2)3/h10-11,17H,4-7,9H2,1-3H3. The zero-order valence-electron chi connectivity index (χ0n) is 11.2. The minimum Gasteiger partial charge on any atom is -0.300 e. The van der Waals surface area contributed by atoms with Crippen LogP contribution in [0.15, 0.2) is 0 Å². The second kappa shape index (κ2) is 8.33. The highest BCUT2D eigenvalue weighted by atomic mass is 19.4. The largest absolute Gasteiger partial charge is 0.401 e. The summed E-state index contributed by atoms with van der Waals surface area (Å²) in [6.07, 6.45) is -3.10. The lowest BCUT2D eigenvalue weighted by atomic mass is 10.2. The molecular weight excluding hydrogens is 243 g/mol. The third-order valence-corrected chi connectivity index (χ3v) is 2.37. The number of hydrogen-bond donors (Lipinski definition) is 1. The van der Waals surface area contributed by atoms with E-state index in [1.54, 1.807) is 0 Å². The van der Waals surface area contributed by atoms with Crippen LogP contribution in [0.1, 0.15) is 33.6 Å². The molecule has 0 radical (unpaired) electrons. The van der Waals surface area contributed by atoms with E-state index in [4.69, 9.17) is 5.26 Å². The van der Waals surface area contributed by atoms with Crippen molar-refractivity contribution in [1.82, 2.24) is 10.2 Å². The minimum absolute atomic E-state index is 0.150. The van der Waals surface area contributed by atoms with Crippen molar-refractivity contribution in [2.45, 2.75) is 51.9 Å². The molecule has 0 fully saturated rings. The number of nitrogens with zero attached hydrogens (tertiary/aromatic N) is 2. The monoisotopic (exact) mass is 265 g/mol. The van der Waals surface area contributed by atoms with Gasteiger partial charge in [-0.15, -0.1) is 0 Å². The Morgan fingerprint density at radius 1 is 1.28 bits per heavy atom.